The van der Waals surface area contributed by atoms with Crippen molar-refractivity contribution in [2.75, 3.05) is 26.7 Å². The van der Waals surface area contributed by atoms with Crippen LogP contribution in [0.15, 0.2) is 24.3 Å². The first kappa shape index (κ1) is 15.2. The van der Waals surface area contributed by atoms with Gasteiger partial charge in [0.25, 0.3) is 0 Å². The normalized spacial score (nSPS) is 17.6. The van der Waals surface area contributed by atoms with Gasteiger partial charge in [0.15, 0.2) is 5.78 Å². The number of Topliss-reactive ketones (excluding diaryl/α,β-unsaturated/α-hetero) is 1. The van der Waals surface area contributed by atoms with Crippen molar-refractivity contribution in [2.45, 2.75) is 38.7 Å². The monoisotopic (exact) mass is 275 g/mol. The lowest BCUT2D eigenvalue weighted by molar-refractivity contribution is 0.0401. The van der Waals surface area contributed by atoms with E-state index in [-0.39, 0.29) is 5.78 Å². The summed E-state index contributed by atoms with van der Waals surface area (Å²) in [5.74, 6) is 0.725. The lowest BCUT2D eigenvalue weighted by Gasteiger charge is -2.30. The van der Waals surface area contributed by atoms with E-state index in [4.69, 9.17) is 4.74 Å². The van der Waals surface area contributed by atoms with Crippen LogP contribution in [0.3, 0.4) is 0 Å². The molecule has 1 fully saturated rings. The number of benzene rings is 1. The molecule has 1 heterocycles. The van der Waals surface area contributed by atoms with Crippen LogP contribution in [-0.4, -0.2) is 43.5 Å². The van der Waals surface area contributed by atoms with Crippen LogP contribution in [-0.2, 0) is 4.74 Å². The van der Waals surface area contributed by atoms with Crippen LogP contribution in [0.2, 0.25) is 0 Å². The molecular formula is C17H25NO2. The van der Waals surface area contributed by atoms with Crippen molar-refractivity contribution in [3.63, 3.8) is 0 Å². The van der Waals surface area contributed by atoms with E-state index in [1.165, 1.54) is 5.56 Å². The van der Waals surface area contributed by atoms with Gasteiger partial charge in [0.05, 0.1) is 12.6 Å². The minimum absolute atomic E-state index is 0.219. The molecule has 1 aliphatic heterocycles. The van der Waals surface area contributed by atoms with Crippen LogP contribution in [0.25, 0.3) is 0 Å². The summed E-state index contributed by atoms with van der Waals surface area (Å²) in [7, 11) is 1.77. The second-order valence-corrected chi connectivity index (χ2v) is 5.91. The first-order chi connectivity index (χ1) is 9.60. The fourth-order valence-electron chi connectivity index (χ4n) is 2.65. The Morgan fingerprint density at radius 2 is 1.85 bits per heavy atom. The third-order valence-electron chi connectivity index (χ3n) is 4.13. The topological polar surface area (TPSA) is 29.5 Å². The van der Waals surface area contributed by atoms with Gasteiger partial charge in [-0.2, -0.15) is 0 Å². The van der Waals surface area contributed by atoms with Gasteiger partial charge in [0.1, 0.15) is 0 Å². The van der Waals surface area contributed by atoms with Crippen molar-refractivity contribution in [2.24, 2.45) is 0 Å². The van der Waals surface area contributed by atoms with E-state index in [1.807, 2.05) is 12.1 Å². The zero-order chi connectivity index (χ0) is 14.5. The molecule has 1 aromatic rings. The summed E-state index contributed by atoms with van der Waals surface area (Å²) < 4.78 is 5.35. The number of ketones is 1. The lowest BCUT2D eigenvalue weighted by Crippen LogP contribution is -2.39. The Bertz CT molecular complexity index is 431. The van der Waals surface area contributed by atoms with Crippen LogP contribution >= 0.6 is 0 Å². The van der Waals surface area contributed by atoms with Gasteiger partial charge >= 0.3 is 0 Å². The second-order valence-electron chi connectivity index (χ2n) is 5.91. The van der Waals surface area contributed by atoms with Crippen LogP contribution in [0.1, 0.15) is 48.5 Å². The zero-order valence-corrected chi connectivity index (χ0v) is 12.8. The third kappa shape index (κ3) is 3.90. The largest absolute Gasteiger partial charge is 0.381 e. The van der Waals surface area contributed by atoms with Crippen molar-refractivity contribution >= 4 is 5.78 Å². The third-order valence-corrected chi connectivity index (χ3v) is 4.13. The molecule has 1 aromatic carbocycles. The van der Waals surface area contributed by atoms with Crippen molar-refractivity contribution < 1.29 is 9.53 Å². The highest BCUT2D eigenvalue weighted by Gasteiger charge is 2.20. The Balaban J connectivity index is 1.88. The molecule has 1 saturated heterocycles. The molecule has 0 radical (unpaired) electrons. The summed E-state index contributed by atoms with van der Waals surface area (Å²) in [6.45, 7) is 6.76. The van der Waals surface area contributed by atoms with E-state index < -0.39 is 0 Å². The smallest absolute Gasteiger partial charge is 0.176 e. The Morgan fingerprint density at radius 3 is 2.35 bits per heavy atom. The van der Waals surface area contributed by atoms with Crippen LogP contribution in [0, 0.1) is 0 Å². The van der Waals surface area contributed by atoms with E-state index in [0.29, 0.717) is 18.6 Å². The molecule has 0 aromatic heterocycles. The minimum Gasteiger partial charge on any atom is -0.381 e. The van der Waals surface area contributed by atoms with E-state index >= 15 is 0 Å². The fourth-order valence-corrected chi connectivity index (χ4v) is 2.65. The molecule has 3 nitrogen and oxygen atoms in total. The number of piperidine rings is 1. The number of methoxy groups -OCH3 is 1. The number of likely N-dealkylation sites (tertiary alicyclic amines) is 1. The maximum absolute atomic E-state index is 12.3. The van der Waals surface area contributed by atoms with Gasteiger partial charge in [-0.25, -0.2) is 0 Å². The molecule has 0 saturated carbocycles. The van der Waals surface area contributed by atoms with Crippen LogP contribution in [0.5, 0.6) is 0 Å². The molecule has 2 rings (SSSR count). The maximum atomic E-state index is 12.3. The predicted octanol–water partition coefficient (Wildman–Crippen LogP) is 3.10. The van der Waals surface area contributed by atoms with E-state index in [1.54, 1.807) is 7.11 Å². The van der Waals surface area contributed by atoms with Crippen LogP contribution < -0.4 is 0 Å². The molecule has 3 heteroatoms. The average molecular weight is 275 g/mol. The summed E-state index contributed by atoms with van der Waals surface area (Å²) in [6, 6.07) is 8.04. The van der Waals surface area contributed by atoms with Gasteiger partial charge < -0.3 is 4.74 Å². The number of rotatable bonds is 5. The van der Waals surface area contributed by atoms with E-state index in [9.17, 15) is 4.79 Å². The molecule has 0 N–H and O–H groups in total. The number of ether oxygens (including phenoxy) is 1. The summed E-state index contributed by atoms with van der Waals surface area (Å²) in [5.41, 5.74) is 2.10. The number of hydrogen-bond acceptors (Lipinski definition) is 3. The van der Waals surface area contributed by atoms with Gasteiger partial charge in [-0.1, -0.05) is 38.1 Å². The molecule has 20 heavy (non-hydrogen) atoms. The maximum Gasteiger partial charge on any atom is 0.176 e. The summed E-state index contributed by atoms with van der Waals surface area (Å²) in [4.78, 5) is 14.5. The standard InChI is InChI=1S/C17H25NO2/c1-13(2)14-4-6-15(7-5-14)17(19)12-18-10-8-16(20-3)9-11-18/h4-7,13,16H,8-12H2,1-3H3. The number of carbonyl (C=O) groups is 1. The first-order valence-electron chi connectivity index (χ1n) is 7.48. The average Bonchev–Trinajstić information content (AvgIpc) is 2.48. The Kier molecular flexibility index (Phi) is 5.32. The van der Waals surface area contributed by atoms with Crippen molar-refractivity contribution in [3.05, 3.63) is 35.4 Å². The van der Waals surface area contributed by atoms with E-state index in [0.717, 1.165) is 31.5 Å². The molecule has 0 aliphatic carbocycles. The predicted molar refractivity (Wildman–Crippen MR) is 81.3 cm³/mol. The molecule has 1 aliphatic rings. The number of carbonyl (C=O) groups excluding carboxylic acids is 1. The number of nitrogens with zero attached hydrogens (tertiary/aromatic N) is 1. The SMILES string of the molecule is COC1CCN(CC(=O)c2ccc(C(C)C)cc2)CC1. The van der Waals surface area contributed by atoms with Gasteiger partial charge in [-0.05, 0) is 24.3 Å². The highest BCUT2D eigenvalue weighted by molar-refractivity contribution is 5.97. The second kappa shape index (κ2) is 7.00. The highest BCUT2D eigenvalue weighted by atomic mass is 16.5. The first-order valence-corrected chi connectivity index (χ1v) is 7.48. The number of hydrogen-bond donors (Lipinski definition) is 0. The van der Waals surface area contributed by atoms with Crippen molar-refractivity contribution in [1.29, 1.82) is 0 Å². The summed E-state index contributed by atoms with van der Waals surface area (Å²) in [5, 5.41) is 0. The van der Waals surface area contributed by atoms with Gasteiger partial charge in [0.2, 0.25) is 0 Å². The summed E-state index contributed by atoms with van der Waals surface area (Å²) in [6.07, 6.45) is 2.42. The molecule has 0 bridgehead atoms. The Labute approximate surface area is 121 Å². The van der Waals surface area contributed by atoms with Gasteiger partial charge in [0, 0.05) is 25.8 Å². The van der Waals surface area contributed by atoms with Gasteiger partial charge in [-0.15, -0.1) is 0 Å². The minimum atomic E-state index is 0.219. The Morgan fingerprint density at radius 1 is 1.25 bits per heavy atom. The van der Waals surface area contributed by atoms with Gasteiger partial charge in [-0.3, -0.25) is 9.69 Å². The fraction of sp³-hybridized carbons (Fsp3) is 0.588. The zero-order valence-electron chi connectivity index (χ0n) is 12.8. The molecule has 0 atom stereocenters. The van der Waals surface area contributed by atoms with Crippen molar-refractivity contribution in [1.82, 2.24) is 4.90 Å². The molecule has 0 amide bonds. The Hall–Kier alpha value is -1.19. The lowest BCUT2D eigenvalue weighted by atomic mass is 10.00. The van der Waals surface area contributed by atoms with E-state index in [2.05, 4.69) is 30.9 Å². The molecular weight excluding hydrogens is 250 g/mol. The molecule has 0 spiro atoms. The van der Waals surface area contributed by atoms with Crippen LogP contribution in [0.4, 0.5) is 0 Å². The quantitative estimate of drug-likeness (QED) is 0.773. The summed E-state index contributed by atoms with van der Waals surface area (Å²) >= 11 is 0. The molecule has 0 unspecified atom stereocenters. The van der Waals surface area contributed by atoms with Crippen molar-refractivity contribution in [3.8, 4) is 0 Å². The molecule has 110 valence electrons. The highest BCUT2D eigenvalue weighted by Crippen LogP contribution is 2.16.